The molecule has 4 rings (SSSR count). The molecule has 2 aromatic heterocycles. The van der Waals surface area contributed by atoms with Gasteiger partial charge in [-0.1, -0.05) is 30.3 Å². The Morgan fingerprint density at radius 1 is 0.857 bits per heavy atom. The zero-order chi connectivity index (χ0) is 14.4. The van der Waals surface area contributed by atoms with Gasteiger partial charge < -0.3 is 4.98 Å². The van der Waals surface area contributed by atoms with Crippen molar-refractivity contribution in [1.82, 2.24) is 15.0 Å². The van der Waals surface area contributed by atoms with Crippen molar-refractivity contribution in [2.24, 2.45) is 0 Å². The average Bonchev–Trinajstić information content (AvgIpc) is 2.99. The summed E-state index contributed by atoms with van der Waals surface area (Å²) >= 11 is 0. The maximum Gasteiger partial charge on any atom is 0.232 e. The molecule has 5 heteroatoms. The lowest BCUT2D eigenvalue weighted by atomic mass is 9.95. The molecule has 0 saturated heterocycles. The van der Waals surface area contributed by atoms with E-state index in [0.29, 0.717) is 11.4 Å². The number of nitrogens with zero attached hydrogens (tertiary/aromatic N) is 2. The van der Waals surface area contributed by atoms with Gasteiger partial charge in [-0.3, -0.25) is 14.6 Å². The lowest BCUT2D eigenvalue weighted by Crippen LogP contribution is -2.22. The quantitative estimate of drug-likeness (QED) is 0.578. The fourth-order valence-corrected chi connectivity index (χ4v) is 2.45. The lowest BCUT2D eigenvalue weighted by molar-refractivity contribution is 0.0970. The van der Waals surface area contributed by atoms with Crippen LogP contribution in [0.1, 0.15) is 32.2 Å². The van der Waals surface area contributed by atoms with E-state index in [-0.39, 0.29) is 28.6 Å². The third-order valence-electron chi connectivity index (χ3n) is 3.46. The van der Waals surface area contributed by atoms with Gasteiger partial charge in [-0.05, 0) is 12.1 Å². The Labute approximate surface area is 119 Å². The average molecular weight is 275 g/mol. The summed E-state index contributed by atoms with van der Waals surface area (Å²) in [5.74, 6) is -0.0591. The molecular formula is C16H9N3O2. The number of hydrogen-bond donors (Lipinski definition) is 1. The maximum absolute atomic E-state index is 12.4. The smallest absolute Gasteiger partial charge is 0.232 e. The maximum atomic E-state index is 12.4. The van der Waals surface area contributed by atoms with Crippen molar-refractivity contribution < 1.29 is 9.59 Å². The highest BCUT2D eigenvalue weighted by atomic mass is 16.1. The molecule has 1 N–H and O–H groups in total. The highest BCUT2D eigenvalue weighted by Gasteiger charge is 2.34. The summed E-state index contributed by atoms with van der Waals surface area (Å²) < 4.78 is 0. The third-order valence-corrected chi connectivity index (χ3v) is 3.46. The molecule has 1 aliphatic carbocycles. The normalized spacial score (nSPS) is 13.0. The molecule has 0 spiro atoms. The molecular weight excluding hydrogens is 266 g/mol. The van der Waals surface area contributed by atoms with Gasteiger partial charge in [-0.15, -0.1) is 0 Å². The number of benzene rings is 1. The molecule has 0 radical (unpaired) electrons. The Balaban J connectivity index is 1.92. The van der Waals surface area contributed by atoms with Crippen LogP contribution in [0, 0.1) is 0 Å². The number of pyridine rings is 1. The van der Waals surface area contributed by atoms with Gasteiger partial charge in [0.25, 0.3) is 0 Å². The van der Waals surface area contributed by atoms with Crippen LogP contribution in [0.3, 0.4) is 0 Å². The number of carbonyl (C=O) groups excluding carboxylic acids is 2. The van der Waals surface area contributed by atoms with Crippen LogP contribution in [-0.4, -0.2) is 26.5 Å². The predicted molar refractivity (Wildman–Crippen MR) is 75.1 cm³/mol. The first-order chi connectivity index (χ1) is 10.3. The number of rotatable bonds is 1. The van der Waals surface area contributed by atoms with E-state index < -0.39 is 0 Å². The largest absolute Gasteiger partial charge is 0.335 e. The first-order valence-corrected chi connectivity index (χ1v) is 6.45. The number of imidazole rings is 1. The number of carbonyl (C=O) groups is 2. The predicted octanol–water partition coefficient (Wildman–Crippen LogP) is 2.25. The minimum atomic E-state index is -0.321. The van der Waals surface area contributed by atoms with Crippen LogP contribution in [0.2, 0.25) is 0 Å². The Bertz CT molecular complexity index is 829. The monoisotopic (exact) mass is 275 g/mol. The van der Waals surface area contributed by atoms with Crippen LogP contribution in [-0.2, 0) is 0 Å². The molecule has 0 amide bonds. The van der Waals surface area contributed by atoms with Gasteiger partial charge >= 0.3 is 0 Å². The SMILES string of the molecule is O=C1c2ncccc2C(=O)c2[nH]c(-c3ccccc3)nc21. The summed E-state index contributed by atoms with van der Waals surface area (Å²) in [5.41, 5.74) is 1.69. The van der Waals surface area contributed by atoms with Crippen molar-refractivity contribution in [3.8, 4) is 11.4 Å². The second kappa shape index (κ2) is 4.21. The van der Waals surface area contributed by atoms with Gasteiger partial charge in [0.15, 0.2) is 0 Å². The summed E-state index contributed by atoms with van der Waals surface area (Å²) in [6.07, 6.45) is 1.50. The zero-order valence-electron chi connectivity index (χ0n) is 10.8. The fourth-order valence-electron chi connectivity index (χ4n) is 2.45. The number of aromatic nitrogens is 3. The van der Waals surface area contributed by atoms with Crippen molar-refractivity contribution in [3.05, 3.63) is 71.3 Å². The minimum absolute atomic E-state index is 0.144. The standard InChI is InChI=1S/C16H9N3O2/c20-14-10-7-4-8-17-11(10)15(21)13-12(14)18-16(19-13)9-5-2-1-3-6-9/h1-8H,(H,18,19). The number of H-pyrrole nitrogens is 1. The van der Waals surface area contributed by atoms with Gasteiger partial charge in [0.2, 0.25) is 11.6 Å². The van der Waals surface area contributed by atoms with Crippen molar-refractivity contribution in [1.29, 1.82) is 0 Å². The van der Waals surface area contributed by atoms with Crippen LogP contribution >= 0.6 is 0 Å². The molecule has 5 nitrogen and oxygen atoms in total. The van der Waals surface area contributed by atoms with E-state index in [1.54, 1.807) is 12.1 Å². The summed E-state index contributed by atoms with van der Waals surface area (Å²) in [6.45, 7) is 0. The molecule has 2 heterocycles. The van der Waals surface area contributed by atoms with E-state index in [2.05, 4.69) is 15.0 Å². The van der Waals surface area contributed by atoms with E-state index in [0.717, 1.165) is 5.56 Å². The molecule has 21 heavy (non-hydrogen) atoms. The van der Waals surface area contributed by atoms with Gasteiger partial charge in [0, 0.05) is 11.8 Å². The van der Waals surface area contributed by atoms with E-state index in [1.807, 2.05) is 30.3 Å². The molecule has 0 bridgehead atoms. The van der Waals surface area contributed by atoms with E-state index in [1.165, 1.54) is 6.20 Å². The van der Waals surface area contributed by atoms with Crippen LogP contribution in [0.5, 0.6) is 0 Å². The number of ketones is 2. The van der Waals surface area contributed by atoms with Crippen molar-refractivity contribution in [3.63, 3.8) is 0 Å². The van der Waals surface area contributed by atoms with Crippen molar-refractivity contribution in [2.75, 3.05) is 0 Å². The van der Waals surface area contributed by atoms with Gasteiger partial charge in [0.05, 0.1) is 5.56 Å². The molecule has 0 atom stereocenters. The van der Waals surface area contributed by atoms with E-state index in [4.69, 9.17) is 0 Å². The van der Waals surface area contributed by atoms with E-state index >= 15 is 0 Å². The Morgan fingerprint density at radius 2 is 1.67 bits per heavy atom. The number of hydrogen-bond acceptors (Lipinski definition) is 4. The highest BCUT2D eigenvalue weighted by molar-refractivity contribution is 6.26. The summed E-state index contributed by atoms with van der Waals surface area (Å²) in [7, 11) is 0. The van der Waals surface area contributed by atoms with Crippen molar-refractivity contribution >= 4 is 11.6 Å². The molecule has 0 saturated carbocycles. The molecule has 1 aliphatic rings. The molecule has 1 aromatic carbocycles. The summed E-state index contributed by atoms with van der Waals surface area (Å²) in [6, 6.07) is 12.6. The Morgan fingerprint density at radius 3 is 2.48 bits per heavy atom. The molecule has 0 unspecified atom stereocenters. The zero-order valence-corrected chi connectivity index (χ0v) is 10.8. The number of nitrogens with one attached hydrogen (secondary N) is 1. The third kappa shape index (κ3) is 1.64. The summed E-state index contributed by atoms with van der Waals surface area (Å²) in [4.78, 5) is 36.1. The minimum Gasteiger partial charge on any atom is -0.335 e. The Kier molecular flexibility index (Phi) is 2.35. The van der Waals surface area contributed by atoms with Gasteiger partial charge in [-0.2, -0.15) is 0 Å². The van der Waals surface area contributed by atoms with E-state index in [9.17, 15) is 9.59 Å². The van der Waals surface area contributed by atoms with Crippen molar-refractivity contribution in [2.45, 2.75) is 0 Å². The van der Waals surface area contributed by atoms with Crippen LogP contribution < -0.4 is 0 Å². The Hall–Kier alpha value is -3.08. The molecule has 100 valence electrons. The first kappa shape index (κ1) is 11.7. The number of fused-ring (bicyclic) bond motifs is 2. The molecule has 3 aromatic rings. The van der Waals surface area contributed by atoms with Crippen LogP contribution in [0.25, 0.3) is 11.4 Å². The van der Waals surface area contributed by atoms with Crippen LogP contribution in [0.4, 0.5) is 0 Å². The molecule has 0 fully saturated rings. The second-order valence-corrected chi connectivity index (χ2v) is 4.73. The van der Waals surface area contributed by atoms with Crippen LogP contribution in [0.15, 0.2) is 48.7 Å². The van der Waals surface area contributed by atoms with Gasteiger partial charge in [-0.25, -0.2) is 4.98 Å². The lowest BCUT2D eigenvalue weighted by Gasteiger charge is -2.10. The molecule has 0 aliphatic heterocycles. The summed E-state index contributed by atoms with van der Waals surface area (Å²) in [5, 5.41) is 0. The first-order valence-electron chi connectivity index (χ1n) is 6.45. The second-order valence-electron chi connectivity index (χ2n) is 4.73. The highest BCUT2D eigenvalue weighted by Crippen LogP contribution is 2.27. The number of aromatic amines is 1. The van der Waals surface area contributed by atoms with Gasteiger partial charge in [0.1, 0.15) is 22.9 Å². The fraction of sp³-hybridized carbons (Fsp3) is 0. The topological polar surface area (TPSA) is 75.7 Å².